The van der Waals surface area contributed by atoms with E-state index in [1.807, 2.05) is 37.3 Å². The Bertz CT molecular complexity index is 1110. The number of nitrogens with zero attached hydrogens (tertiary/aromatic N) is 3. The molecule has 2 aliphatic heterocycles. The number of hydrogen-bond donors (Lipinski definition) is 3. The lowest BCUT2D eigenvalue weighted by molar-refractivity contribution is -0.115. The number of aryl methyl sites for hydroxylation is 1. The molecule has 1 fully saturated rings. The number of carbonyl (C=O) groups is 1. The molecule has 152 valence electrons. The third-order valence-corrected chi connectivity index (χ3v) is 5.59. The van der Waals surface area contributed by atoms with E-state index in [9.17, 15) is 4.79 Å². The minimum atomic E-state index is -0.0441. The first-order valence-corrected chi connectivity index (χ1v) is 10.3. The van der Waals surface area contributed by atoms with E-state index < -0.39 is 0 Å². The van der Waals surface area contributed by atoms with Gasteiger partial charge < -0.3 is 20.9 Å². The summed E-state index contributed by atoms with van der Waals surface area (Å²) in [5.41, 5.74) is 6.53. The number of rotatable bonds is 3. The van der Waals surface area contributed by atoms with E-state index in [1.165, 1.54) is 5.69 Å². The highest BCUT2D eigenvalue weighted by atomic mass is 16.1. The molecular weight excluding hydrogens is 376 g/mol. The molecule has 7 nitrogen and oxygen atoms in total. The normalized spacial score (nSPS) is 15.6. The number of benzene rings is 2. The Hall–Kier alpha value is -3.45. The highest BCUT2D eigenvalue weighted by Gasteiger charge is 2.22. The van der Waals surface area contributed by atoms with Crippen molar-refractivity contribution in [3.8, 4) is 11.3 Å². The van der Waals surface area contributed by atoms with Gasteiger partial charge in [-0.25, -0.2) is 9.97 Å². The molecule has 0 saturated carbocycles. The number of carbonyl (C=O) groups excluding carboxylic acids is 1. The van der Waals surface area contributed by atoms with Gasteiger partial charge in [0.1, 0.15) is 0 Å². The van der Waals surface area contributed by atoms with Crippen LogP contribution in [0.25, 0.3) is 11.3 Å². The summed E-state index contributed by atoms with van der Waals surface area (Å²) in [5, 5.41) is 9.74. The maximum Gasteiger partial charge on any atom is 0.228 e. The maximum absolute atomic E-state index is 12.3. The molecule has 7 heteroatoms. The van der Waals surface area contributed by atoms with Crippen LogP contribution in [0.4, 0.5) is 23.0 Å². The van der Waals surface area contributed by atoms with Crippen molar-refractivity contribution in [3.05, 3.63) is 59.8 Å². The van der Waals surface area contributed by atoms with E-state index in [4.69, 9.17) is 4.98 Å². The van der Waals surface area contributed by atoms with Gasteiger partial charge in [0, 0.05) is 54.9 Å². The third-order valence-electron chi connectivity index (χ3n) is 5.59. The van der Waals surface area contributed by atoms with Gasteiger partial charge in [-0.05, 0) is 30.7 Å². The molecule has 0 aliphatic carbocycles. The zero-order valence-electron chi connectivity index (χ0n) is 16.9. The highest BCUT2D eigenvalue weighted by Crippen LogP contribution is 2.35. The molecule has 30 heavy (non-hydrogen) atoms. The summed E-state index contributed by atoms with van der Waals surface area (Å²) >= 11 is 0. The van der Waals surface area contributed by atoms with Crippen LogP contribution >= 0.6 is 0 Å². The van der Waals surface area contributed by atoms with E-state index in [0.717, 1.165) is 59.9 Å². The first-order chi connectivity index (χ1) is 14.7. The quantitative estimate of drug-likeness (QED) is 0.627. The van der Waals surface area contributed by atoms with Gasteiger partial charge >= 0.3 is 0 Å². The first-order valence-electron chi connectivity index (χ1n) is 10.3. The number of hydrogen-bond acceptors (Lipinski definition) is 6. The molecule has 1 saturated heterocycles. The summed E-state index contributed by atoms with van der Waals surface area (Å²) in [5.74, 6) is 0.477. The van der Waals surface area contributed by atoms with E-state index >= 15 is 0 Å². The summed E-state index contributed by atoms with van der Waals surface area (Å²) in [6, 6.07) is 14.3. The van der Waals surface area contributed by atoms with E-state index in [2.05, 4.69) is 38.0 Å². The fourth-order valence-electron chi connectivity index (χ4n) is 4.05. The summed E-state index contributed by atoms with van der Waals surface area (Å²) < 4.78 is 0. The molecule has 5 rings (SSSR count). The Morgan fingerprint density at radius 1 is 1.10 bits per heavy atom. The molecule has 0 radical (unpaired) electrons. The monoisotopic (exact) mass is 400 g/mol. The molecule has 1 amide bonds. The topological polar surface area (TPSA) is 82.2 Å². The van der Waals surface area contributed by atoms with Crippen molar-refractivity contribution >= 4 is 28.9 Å². The molecule has 0 spiro atoms. The second-order valence-electron chi connectivity index (χ2n) is 7.70. The lowest BCUT2D eigenvalue weighted by atomic mass is 10.0. The second kappa shape index (κ2) is 7.76. The molecular formula is C23H24N6O. The number of nitrogens with one attached hydrogen (secondary N) is 3. The van der Waals surface area contributed by atoms with E-state index in [-0.39, 0.29) is 12.3 Å². The van der Waals surface area contributed by atoms with E-state index in [0.29, 0.717) is 5.95 Å². The number of anilines is 4. The maximum atomic E-state index is 12.3. The average molecular weight is 400 g/mol. The second-order valence-corrected chi connectivity index (χ2v) is 7.70. The van der Waals surface area contributed by atoms with Gasteiger partial charge in [0.25, 0.3) is 0 Å². The smallest absolute Gasteiger partial charge is 0.228 e. The van der Waals surface area contributed by atoms with Crippen molar-refractivity contribution in [2.75, 3.05) is 41.7 Å². The van der Waals surface area contributed by atoms with Crippen LogP contribution in [0.15, 0.2) is 48.7 Å². The molecule has 0 atom stereocenters. The van der Waals surface area contributed by atoms with Gasteiger partial charge in [-0.3, -0.25) is 4.79 Å². The molecule has 3 aromatic rings. The van der Waals surface area contributed by atoms with Gasteiger partial charge in [0.2, 0.25) is 11.9 Å². The SMILES string of the molecule is Cc1cccc2c1NC(=O)Cc1cnc(Nc3cccc(N4CCNCC4)c3)nc1-2. The van der Waals surface area contributed by atoms with Crippen LogP contribution in [-0.4, -0.2) is 42.1 Å². The van der Waals surface area contributed by atoms with Crippen LogP contribution in [0, 0.1) is 6.92 Å². The highest BCUT2D eigenvalue weighted by molar-refractivity contribution is 6.00. The van der Waals surface area contributed by atoms with Gasteiger partial charge in [-0.15, -0.1) is 0 Å². The van der Waals surface area contributed by atoms with Crippen LogP contribution in [0.3, 0.4) is 0 Å². The third kappa shape index (κ3) is 3.59. The van der Waals surface area contributed by atoms with Gasteiger partial charge in [0.15, 0.2) is 0 Å². The van der Waals surface area contributed by atoms with Crippen LogP contribution in [0.5, 0.6) is 0 Å². The van der Waals surface area contributed by atoms with Crippen molar-refractivity contribution in [1.29, 1.82) is 0 Å². The Labute approximate surface area is 175 Å². The molecule has 2 aromatic carbocycles. The number of piperazine rings is 1. The summed E-state index contributed by atoms with van der Waals surface area (Å²) in [7, 11) is 0. The fraction of sp³-hybridized carbons (Fsp3) is 0.261. The molecule has 3 N–H and O–H groups in total. The van der Waals surface area contributed by atoms with E-state index in [1.54, 1.807) is 6.20 Å². The number of fused-ring (bicyclic) bond motifs is 3. The number of amides is 1. The Morgan fingerprint density at radius 2 is 1.93 bits per heavy atom. The molecule has 0 unspecified atom stereocenters. The predicted octanol–water partition coefficient (Wildman–Crippen LogP) is 3.10. The van der Waals surface area contributed by atoms with Crippen molar-refractivity contribution in [3.63, 3.8) is 0 Å². The van der Waals surface area contributed by atoms with Gasteiger partial charge in [-0.1, -0.05) is 24.3 Å². The summed E-state index contributed by atoms with van der Waals surface area (Å²) in [6.45, 7) is 5.98. The van der Waals surface area contributed by atoms with Crippen LogP contribution < -0.4 is 20.9 Å². The molecule has 1 aromatic heterocycles. The van der Waals surface area contributed by atoms with Crippen LogP contribution in [-0.2, 0) is 11.2 Å². The minimum Gasteiger partial charge on any atom is -0.369 e. The minimum absolute atomic E-state index is 0.0441. The van der Waals surface area contributed by atoms with Crippen molar-refractivity contribution in [2.24, 2.45) is 0 Å². The lowest BCUT2D eigenvalue weighted by Crippen LogP contribution is -2.43. The van der Waals surface area contributed by atoms with Crippen molar-refractivity contribution in [1.82, 2.24) is 15.3 Å². The number of para-hydroxylation sites is 1. The molecule has 0 bridgehead atoms. The fourth-order valence-corrected chi connectivity index (χ4v) is 4.05. The number of aromatic nitrogens is 2. The Kier molecular flexibility index (Phi) is 4.80. The first kappa shape index (κ1) is 18.6. The Morgan fingerprint density at radius 3 is 2.80 bits per heavy atom. The predicted molar refractivity (Wildman–Crippen MR) is 119 cm³/mol. The summed E-state index contributed by atoms with van der Waals surface area (Å²) in [6.07, 6.45) is 2.02. The zero-order valence-corrected chi connectivity index (χ0v) is 16.9. The summed E-state index contributed by atoms with van der Waals surface area (Å²) in [4.78, 5) is 24.0. The largest absolute Gasteiger partial charge is 0.369 e. The lowest BCUT2D eigenvalue weighted by Gasteiger charge is -2.29. The van der Waals surface area contributed by atoms with Crippen molar-refractivity contribution in [2.45, 2.75) is 13.3 Å². The average Bonchev–Trinajstić information content (AvgIpc) is 2.91. The molecule has 3 heterocycles. The van der Waals surface area contributed by atoms with Gasteiger partial charge in [0.05, 0.1) is 17.8 Å². The van der Waals surface area contributed by atoms with Crippen molar-refractivity contribution < 1.29 is 4.79 Å². The van der Waals surface area contributed by atoms with Gasteiger partial charge in [-0.2, -0.15) is 0 Å². The van der Waals surface area contributed by atoms with Crippen LogP contribution in [0.1, 0.15) is 11.1 Å². The Balaban J connectivity index is 1.48. The van der Waals surface area contributed by atoms with Crippen LogP contribution in [0.2, 0.25) is 0 Å². The standard InChI is InChI=1S/C23H24N6O/c1-15-4-2-7-19-21(15)27-20(30)12-16-14-25-23(28-22(16)19)26-17-5-3-6-18(13-17)29-10-8-24-9-11-29/h2-7,13-14,24H,8-12H2,1H3,(H,27,30)(H,25,26,28). The molecule has 2 aliphatic rings. The zero-order chi connectivity index (χ0) is 20.5.